The summed E-state index contributed by atoms with van der Waals surface area (Å²) >= 11 is 0. The van der Waals surface area contributed by atoms with Crippen molar-refractivity contribution >= 4 is 11.6 Å². The van der Waals surface area contributed by atoms with Crippen LogP contribution in [0.4, 0.5) is 5.69 Å². The molecule has 0 bridgehead atoms. The third-order valence-electron chi connectivity index (χ3n) is 3.33. The maximum absolute atomic E-state index is 12.3. The minimum absolute atomic E-state index is 0.0598. The van der Waals surface area contributed by atoms with Crippen molar-refractivity contribution in [2.24, 2.45) is 0 Å². The summed E-state index contributed by atoms with van der Waals surface area (Å²) < 4.78 is 0. The van der Waals surface area contributed by atoms with Gasteiger partial charge in [-0.2, -0.15) is 0 Å². The lowest BCUT2D eigenvalue weighted by atomic mass is 10.2. The molecule has 0 radical (unpaired) electrons. The second-order valence-corrected chi connectivity index (χ2v) is 5.39. The van der Waals surface area contributed by atoms with Gasteiger partial charge in [-0.05, 0) is 36.8 Å². The molecule has 1 aromatic carbocycles. The Bertz CT molecular complexity index is 620. The zero-order chi connectivity index (χ0) is 15.4. The first-order chi connectivity index (χ1) is 9.97. The van der Waals surface area contributed by atoms with Crippen LogP contribution in [0.15, 0.2) is 42.5 Å². The van der Waals surface area contributed by atoms with Crippen molar-refractivity contribution in [3.8, 4) is 0 Å². The fourth-order valence-corrected chi connectivity index (χ4v) is 2.10. The van der Waals surface area contributed by atoms with E-state index in [4.69, 9.17) is 0 Å². The highest BCUT2D eigenvalue weighted by atomic mass is 16.2. The van der Waals surface area contributed by atoms with Gasteiger partial charge in [0.1, 0.15) is 5.69 Å². The number of anilines is 1. The summed E-state index contributed by atoms with van der Waals surface area (Å²) in [5.74, 6) is -0.0598. The molecule has 0 aliphatic heterocycles. The monoisotopic (exact) mass is 283 g/mol. The largest absolute Gasteiger partial charge is 0.378 e. The van der Waals surface area contributed by atoms with Crippen molar-refractivity contribution in [2.75, 3.05) is 26.0 Å². The first-order valence-corrected chi connectivity index (χ1v) is 6.93. The third kappa shape index (κ3) is 3.81. The highest BCUT2D eigenvalue weighted by molar-refractivity contribution is 5.92. The van der Waals surface area contributed by atoms with Gasteiger partial charge in [-0.15, -0.1) is 0 Å². The number of carbonyl (C=O) groups is 1. The molecule has 0 spiro atoms. The zero-order valence-corrected chi connectivity index (χ0v) is 13.0. The minimum Gasteiger partial charge on any atom is -0.378 e. The number of nitrogens with zero attached hydrogens (tertiary/aromatic N) is 3. The average molecular weight is 283 g/mol. The van der Waals surface area contributed by atoms with Gasteiger partial charge in [-0.25, -0.2) is 4.98 Å². The van der Waals surface area contributed by atoms with E-state index in [1.54, 1.807) is 18.0 Å². The molecule has 4 nitrogen and oxygen atoms in total. The lowest BCUT2D eigenvalue weighted by Crippen LogP contribution is -2.27. The van der Waals surface area contributed by atoms with E-state index in [1.165, 1.54) is 0 Å². The molecule has 1 heterocycles. The average Bonchev–Trinajstić information content (AvgIpc) is 2.47. The van der Waals surface area contributed by atoms with Crippen molar-refractivity contribution < 1.29 is 4.79 Å². The van der Waals surface area contributed by atoms with Crippen LogP contribution in [0, 0.1) is 6.92 Å². The van der Waals surface area contributed by atoms with Crippen LogP contribution >= 0.6 is 0 Å². The molecule has 0 saturated carbocycles. The normalized spacial score (nSPS) is 10.3. The quantitative estimate of drug-likeness (QED) is 0.865. The van der Waals surface area contributed by atoms with Gasteiger partial charge in [-0.3, -0.25) is 4.79 Å². The van der Waals surface area contributed by atoms with Crippen LogP contribution in [0.25, 0.3) is 0 Å². The molecule has 4 heteroatoms. The first-order valence-electron chi connectivity index (χ1n) is 6.93. The van der Waals surface area contributed by atoms with Gasteiger partial charge < -0.3 is 9.80 Å². The van der Waals surface area contributed by atoms with E-state index >= 15 is 0 Å². The predicted octanol–water partition coefficient (Wildman–Crippen LogP) is 2.73. The smallest absolute Gasteiger partial charge is 0.272 e. The van der Waals surface area contributed by atoms with Crippen molar-refractivity contribution in [1.29, 1.82) is 0 Å². The molecule has 1 aromatic heterocycles. The predicted molar refractivity (Wildman–Crippen MR) is 85.5 cm³/mol. The van der Waals surface area contributed by atoms with Gasteiger partial charge in [0.25, 0.3) is 5.91 Å². The van der Waals surface area contributed by atoms with E-state index in [1.807, 2.05) is 45.3 Å². The van der Waals surface area contributed by atoms with Gasteiger partial charge in [0, 0.05) is 39.1 Å². The number of aryl methyl sites for hydroxylation is 1. The molecule has 0 fully saturated rings. The molecular weight excluding hydrogens is 262 g/mol. The summed E-state index contributed by atoms with van der Waals surface area (Å²) in [4.78, 5) is 20.3. The maximum Gasteiger partial charge on any atom is 0.272 e. The minimum atomic E-state index is -0.0598. The van der Waals surface area contributed by atoms with Crippen molar-refractivity contribution in [1.82, 2.24) is 9.88 Å². The summed E-state index contributed by atoms with van der Waals surface area (Å²) in [6.45, 7) is 2.46. The number of rotatable bonds is 4. The molecule has 1 amide bonds. The number of benzene rings is 1. The summed E-state index contributed by atoms with van der Waals surface area (Å²) in [5.41, 5.74) is 3.59. The van der Waals surface area contributed by atoms with E-state index < -0.39 is 0 Å². The van der Waals surface area contributed by atoms with Gasteiger partial charge in [0.15, 0.2) is 0 Å². The lowest BCUT2D eigenvalue weighted by molar-refractivity contribution is 0.0779. The first kappa shape index (κ1) is 15.0. The SMILES string of the molecule is Cc1cccc(C(=O)N(C)Cc2ccc(N(C)C)cc2)n1. The summed E-state index contributed by atoms with van der Waals surface area (Å²) in [5, 5.41) is 0. The van der Waals surface area contributed by atoms with E-state index in [9.17, 15) is 4.79 Å². The van der Waals surface area contributed by atoms with Gasteiger partial charge >= 0.3 is 0 Å². The Balaban J connectivity index is 2.07. The molecule has 0 aliphatic rings. The molecule has 110 valence electrons. The number of aromatic nitrogens is 1. The van der Waals surface area contributed by atoms with Crippen LogP contribution in [0.3, 0.4) is 0 Å². The molecule has 0 saturated heterocycles. The van der Waals surface area contributed by atoms with Crippen LogP contribution < -0.4 is 4.90 Å². The fraction of sp³-hybridized carbons (Fsp3) is 0.294. The van der Waals surface area contributed by atoms with Gasteiger partial charge in [0.05, 0.1) is 0 Å². The Labute approximate surface area is 126 Å². The van der Waals surface area contributed by atoms with E-state index in [2.05, 4.69) is 22.0 Å². The van der Waals surface area contributed by atoms with Crippen LogP contribution in [0.2, 0.25) is 0 Å². The van der Waals surface area contributed by atoms with E-state index in [0.29, 0.717) is 12.2 Å². The standard InChI is InChI=1S/C17H21N3O/c1-13-6-5-7-16(18-13)17(21)20(4)12-14-8-10-15(11-9-14)19(2)3/h5-11H,12H2,1-4H3. The Hall–Kier alpha value is -2.36. The Morgan fingerprint density at radius 3 is 2.29 bits per heavy atom. The van der Waals surface area contributed by atoms with Crippen LogP contribution in [0.5, 0.6) is 0 Å². The van der Waals surface area contributed by atoms with Crippen LogP contribution in [-0.4, -0.2) is 36.9 Å². The molecule has 0 atom stereocenters. The second-order valence-electron chi connectivity index (χ2n) is 5.39. The molecule has 0 unspecified atom stereocenters. The molecule has 2 aromatic rings. The van der Waals surface area contributed by atoms with Crippen molar-refractivity contribution in [3.63, 3.8) is 0 Å². The lowest BCUT2D eigenvalue weighted by Gasteiger charge is -2.18. The Kier molecular flexibility index (Phi) is 4.58. The van der Waals surface area contributed by atoms with Gasteiger partial charge in [0.2, 0.25) is 0 Å². The summed E-state index contributed by atoms with van der Waals surface area (Å²) in [6.07, 6.45) is 0. The highest BCUT2D eigenvalue weighted by Gasteiger charge is 2.13. The molecule has 2 rings (SSSR count). The van der Waals surface area contributed by atoms with Crippen LogP contribution in [-0.2, 0) is 6.54 Å². The second kappa shape index (κ2) is 6.39. The molecule has 0 N–H and O–H groups in total. The van der Waals surface area contributed by atoms with Crippen molar-refractivity contribution in [2.45, 2.75) is 13.5 Å². The molecule has 21 heavy (non-hydrogen) atoms. The topological polar surface area (TPSA) is 36.4 Å². The number of hydrogen-bond donors (Lipinski definition) is 0. The summed E-state index contributed by atoms with van der Waals surface area (Å²) in [6, 6.07) is 13.7. The number of carbonyl (C=O) groups excluding carboxylic acids is 1. The van der Waals surface area contributed by atoms with E-state index in [-0.39, 0.29) is 5.91 Å². The Morgan fingerprint density at radius 2 is 1.71 bits per heavy atom. The third-order valence-corrected chi connectivity index (χ3v) is 3.33. The van der Waals surface area contributed by atoms with Crippen molar-refractivity contribution in [3.05, 3.63) is 59.4 Å². The molecule has 0 aliphatic carbocycles. The van der Waals surface area contributed by atoms with E-state index in [0.717, 1.165) is 16.9 Å². The number of amides is 1. The highest BCUT2D eigenvalue weighted by Crippen LogP contribution is 2.14. The number of pyridine rings is 1. The molecular formula is C17H21N3O. The van der Waals surface area contributed by atoms with Gasteiger partial charge in [-0.1, -0.05) is 18.2 Å². The number of hydrogen-bond acceptors (Lipinski definition) is 3. The summed E-state index contributed by atoms with van der Waals surface area (Å²) in [7, 11) is 5.81. The maximum atomic E-state index is 12.3. The Morgan fingerprint density at radius 1 is 1.05 bits per heavy atom. The van der Waals surface area contributed by atoms with Crippen LogP contribution in [0.1, 0.15) is 21.7 Å². The zero-order valence-electron chi connectivity index (χ0n) is 13.0. The fourth-order valence-electron chi connectivity index (χ4n) is 2.10.